The van der Waals surface area contributed by atoms with Crippen molar-refractivity contribution in [3.63, 3.8) is 0 Å². The Bertz CT molecular complexity index is 1290. The van der Waals surface area contributed by atoms with Gasteiger partial charge in [-0.25, -0.2) is 9.59 Å². The average molecular weight is 710 g/mol. The highest BCUT2D eigenvalue weighted by atomic mass is 32.2. The van der Waals surface area contributed by atoms with E-state index in [-0.39, 0.29) is 30.7 Å². The van der Waals surface area contributed by atoms with Crippen LogP contribution in [-0.4, -0.2) is 121 Å². The number of carbonyl (C=O) groups excluding carboxylic acids is 1. The van der Waals surface area contributed by atoms with Gasteiger partial charge in [0.25, 0.3) is 0 Å². The van der Waals surface area contributed by atoms with Gasteiger partial charge in [-0.15, -0.1) is 0 Å². The minimum Gasteiger partial charge on any atom is -0.480 e. The summed E-state index contributed by atoms with van der Waals surface area (Å²) in [6.07, 6.45) is -4.31. The lowest BCUT2D eigenvalue weighted by Crippen LogP contribution is -2.44. The second kappa shape index (κ2) is 17.9. The lowest BCUT2D eigenvalue weighted by molar-refractivity contribution is -0.167. The number of aliphatic carboxylic acids is 1. The molecule has 266 valence electrons. The maximum atomic E-state index is 14.6. The largest absolute Gasteiger partial charge is 0.480 e. The number of alkyl halides is 2. The van der Waals surface area contributed by atoms with E-state index in [4.69, 9.17) is 19.9 Å². The molecule has 2 fully saturated rings. The maximum Gasteiger partial charge on any atom is 0.351 e. The van der Waals surface area contributed by atoms with Crippen molar-refractivity contribution < 1.29 is 47.9 Å². The van der Waals surface area contributed by atoms with E-state index in [9.17, 15) is 38.5 Å². The van der Waals surface area contributed by atoms with Gasteiger partial charge in [0.1, 0.15) is 31.2 Å². The first-order valence-corrected chi connectivity index (χ1v) is 17.4. The average Bonchev–Trinajstić information content (AvgIpc) is 3.20. The fourth-order valence-corrected chi connectivity index (χ4v) is 7.94. The number of carboxylic acids is 1. The van der Waals surface area contributed by atoms with E-state index in [0.29, 0.717) is 20.8 Å². The van der Waals surface area contributed by atoms with E-state index >= 15 is 0 Å². The number of nitrogens with two attached hydrogens (primary N) is 1. The minimum atomic E-state index is -3.89. The van der Waals surface area contributed by atoms with Crippen LogP contribution in [-0.2, 0) is 23.8 Å². The Kier molecular flexibility index (Phi) is 14.9. The Labute approximate surface area is 280 Å². The van der Waals surface area contributed by atoms with Crippen molar-refractivity contribution in [1.82, 2.24) is 14.9 Å². The summed E-state index contributed by atoms with van der Waals surface area (Å²) in [6.45, 7) is 6.65. The Hall–Kier alpha value is -2.35. The molecule has 1 aliphatic heterocycles. The number of aromatic nitrogens is 2. The number of rotatable bonds is 19. The van der Waals surface area contributed by atoms with E-state index in [1.54, 1.807) is 11.8 Å². The number of carboxylic acid groups (broad SMARTS) is 1. The molecule has 8 atom stereocenters. The number of carbonyl (C=O) groups is 2. The number of aliphatic imine (C=N–C) groups is 1. The van der Waals surface area contributed by atoms with Crippen molar-refractivity contribution in [1.29, 1.82) is 0 Å². The van der Waals surface area contributed by atoms with Crippen LogP contribution in [0.15, 0.2) is 22.1 Å². The van der Waals surface area contributed by atoms with Gasteiger partial charge in [-0.3, -0.25) is 14.4 Å². The van der Waals surface area contributed by atoms with Gasteiger partial charge < -0.3 is 40.6 Å². The predicted octanol–water partition coefficient (Wildman–Crippen LogP) is 1.53. The Morgan fingerprint density at radius 3 is 2.51 bits per heavy atom. The van der Waals surface area contributed by atoms with E-state index < -0.39 is 67.5 Å². The third-order valence-corrected chi connectivity index (χ3v) is 11.1. The highest BCUT2D eigenvalue weighted by Gasteiger charge is 2.60. The minimum absolute atomic E-state index is 0.0964. The van der Waals surface area contributed by atoms with E-state index in [1.807, 2.05) is 32.5 Å². The van der Waals surface area contributed by atoms with Gasteiger partial charge in [0.15, 0.2) is 12.4 Å². The fraction of sp³-hybridized carbons (Fsp3) is 0.759. The molecule has 0 amide bonds. The van der Waals surface area contributed by atoms with Gasteiger partial charge in [-0.05, 0) is 25.8 Å². The molecule has 1 aromatic rings. The number of halogens is 2. The lowest BCUT2D eigenvalue weighted by Gasteiger charge is -2.37. The summed E-state index contributed by atoms with van der Waals surface area (Å²) in [5, 5.41) is 33.6. The van der Waals surface area contributed by atoms with Crippen molar-refractivity contribution in [2.24, 2.45) is 10.9 Å². The number of hydrogen-bond donors (Lipinski definition) is 5. The number of anilines is 1. The zero-order valence-electron chi connectivity index (χ0n) is 26.8. The quantitative estimate of drug-likeness (QED) is 0.0785. The van der Waals surface area contributed by atoms with Gasteiger partial charge >= 0.3 is 23.6 Å². The number of hydrogen-bond acceptors (Lipinski definition) is 14. The van der Waals surface area contributed by atoms with Crippen molar-refractivity contribution in [3.8, 4) is 0 Å². The summed E-state index contributed by atoms with van der Waals surface area (Å²) in [4.78, 5) is 43.4. The highest BCUT2D eigenvalue weighted by Crippen LogP contribution is 2.42. The molecule has 2 heterocycles. The molecule has 18 heteroatoms. The zero-order valence-corrected chi connectivity index (χ0v) is 28.4. The molecule has 0 spiro atoms. The Morgan fingerprint density at radius 2 is 1.91 bits per heavy atom. The topological polar surface area (TPSA) is 208 Å². The molecular formula is C29H45F2N5O9S2. The summed E-state index contributed by atoms with van der Waals surface area (Å²) in [6, 6.07) is 0.651. The fourth-order valence-electron chi connectivity index (χ4n) is 4.70. The first-order chi connectivity index (χ1) is 22.1. The number of nitrogens with zero attached hydrogens (tertiary/aromatic N) is 3. The van der Waals surface area contributed by atoms with Crippen LogP contribution in [0.1, 0.15) is 53.2 Å². The van der Waals surface area contributed by atoms with Crippen LogP contribution >= 0.6 is 23.5 Å². The van der Waals surface area contributed by atoms with Crippen molar-refractivity contribution in [2.75, 3.05) is 37.0 Å². The molecule has 1 aliphatic carbocycles. The summed E-state index contributed by atoms with van der Waals surface area (Å²) in [5.41, 5.74) is 5.18. The number of thioether (sulfide) groups is 2. The van der Waals surface area contributed by atoms with Gasteiger partial charge in [0.05, 0.1) is 0 Å². The predicted molar refractivity (Wildman–Crippen MR) is 174 cm³/mol. The molecule has 1 aromatic heterocycles. The van der Waals surface area contributed by atoms with Crippen LogP contribution in [0.25, 0.3) is 0 Å². The Morgan fingerprint density at radius 1 is 1.26 bits per heavy atom. The van der Waals surface area contributed by atoms with Gasteiger partial charge in [-0.2, -0.15) is 37.3 Å². The molecular weight excluding hydrogens is 664 g/mol. The number of ether oxygens (including phenoxy) is 3. The monoisotopic (exact) mass is 709 g/mol. The summed E-state index contributed by atoms with van der Waals surface area (Å²) < 4.78 is 44.8. The molecule has 1 saturated heterocycles. The molecule has 14 nitrogen and oxygen atoms in total. The van der Waals surface area contributed by atoms with Crippen LogP contribution in [0.3, 0.4) is 0 Å². The molecule has 0 bridgehead atoms. The summed E-state index contributed by atoms with van der Waals surface area (Å²) in [7, 11) is 0. The van der Waals surface area contributed by atoms with Crippen molar-refractivity contribution in [3.05, 3.63) is 22.7 Å². The van der Waals surface area contributed by atoms with Crippen LogP contribution in [0.5, 0.6) is 0 Å². The van der Waals surface area contributed by atoms with Crippen LogP contribution in [0, 0.1) is 5.92 Å². The number of aliphatic hydroxyl groups excluding tert-OH is 2. The zero-order chi connectivity index (χ0) is 34.9. The molecule has 0 radical (unpaired) electrons. The molecule has 2 aliphatic rings. The Balaban J connectivity index is 1.32. The molecule has 47 heavy (non-hydrogen) atoms. The normalized spacial score (nSPS) is 26.1. The van der Waals surface area contributed by atoms with Crippen molar-refractivity contribution >= 4 is 47.0 Å². The van der Waals surface area contributed by atoms with E-state index in [0.717, 1.165) is 36.6 Å². The lowest BCUT2D eigenvalue weighted by atomic mass is 9.99. The standard InChI is InChI=1S/C29H45F2N5O9S2/c1-15(2)34-18(26(40)41)14-47-21-6-5-20(21)46-13-16(3)17(4)33-9-7-23(37)44-12-24(38)43-11-19-25(39)29(30,31)27(45-19)36-10-8-22(32)35-28(36)42/h8,10,15-16,18-21,23,25,27,34,37,39H,5-7,9,11-14H2,1-4H3,(H,40,41)(H2,32,35,42). The smallest absolute Gasteiger partial charge is 0.351 e. The molecule has 1 saturated carbocycles. The van der Waals surface area contributed by atoms with E-state index in [2.05, 4.69) is 22.2 Å². The second-order valence-electron chi connectivity index (χ2n) is 11.9. The number of esters is 1. The summed E-state index contributed by atoms with van der Waals surface area (Å²) in [5.74, 6) is -4.32. The van der Waals surface area contributed by atoms with Gasteiger partial charge in [-0.1, -0.05) is 20.8 Å². The highest BCUT2D eigenvalue weighted by molar-refractivity contribution is 8.04. The van der Waals surface area contributed by atoms with Crippen LogP contribution in [0.4, 0.5) is 14.6 Å². The SMILES string of the molecule is CC(=NCCC(O)OCC(=O)OCC1OC(n2ccc(N)nc2=O)C(F)(F)C1O)C(C)CSC1CCC1SCC(NC(C)C)C(=O)O. The van der Waals surface area contributed by atoms with Gasteiger partial charge in [0, 0.05) is 58.8 Å². The summed E-state index contributed by atoms with van der Waals surface area (Å²) >= 11 is 3.57. The third kappa shape index (κ3) is 11.4. The van der Waals surface area contributed by atoms with Gasteiger partial charge in [0.2, 0.25) is 6.23 Å². The van der Waals surface area contributed by atoms with Crippen LogP contribution in [0.2, 0.25) is 0 Å². The maximum absolute atomic E-state index is 14.6. The number of nitrogen functional groups attached to an aromatic ring is 1. The first kappa shape index (κ1) is 39.1. The molecule has 0 aromatic carbocycles. The molecule has 8 unspecified atom stereocenters. The van der Waals surface area contributed by atoms with Crippen molar-refractivity contribution in [2.45, 2.75) is 100 Å². The first-order valence-electron chi connectivity index (χ1n) is 15.3. The second-order valence-corrected chi connectivity index (χ2v) is 14.4. The number of nitrogens with one attached hydrogen (secondary N) is 1. The van der Waals surface area contributed by atoms with Crippen LogP contribution < -0.4 is 16.7 Å². The third-order valence-electron chi connectivity index (χ3n) is 7.76. The number of aliphatic hydroxyl groups is 2. The molecule has 3 rings (SSSR count). The molecule has 6 N–H and O–H groups in total. The van der Waals surface area contributed by atoms with E-state index in [1.165, 1.54) is 0 Å².